The molecule has 1 aromatic heterocycles. The quantitative estimate of drug-likeness (QED) is 0.683. The minimum atomic E-state index is -4.88. The molecule has 0 aliphatic carbocycles. The number of rotatable bonds is 4. The number of methoxy groups -OCH3 is 1. The second-order valence-electron chi connectivity index (χ2n) is 3.79. The molecule has 20 heavy (non-hydrogen) atoms. The number of nitrogens with zero attached hydrogens (tertiary/aromatic N) is 1. The van der Waals surface area contributed by atoms with Gasteiger partial charge in [-0.15, -0.1) is 0 Å². The Bertz CT molecular complexity index is 502. The van der Waals surface area contributed by atoms with Crippen LogP contribution in [-0.4, -0.2) is 18.1 Å². The van der Waals surface area contributed by atoms with E-state index in [-0.39, 0.29) is 11.1 Å². The summed E-state index contributed by atoms with van der Waals surface area (Å²) in [7, 11) is 1.03. The first-order valence-electron chi connectivity index (χ1n) is 5.35. The van der Waals surface area contributed by atoms with E-state index in [0.29, 0.717) is 6.07 Å². The van der Waals surface area contributed by atoms with Crippen molar-refractivity contribution in [1.82, 2.24) is 4.98 Å². The summed E-state index contributed by atoms with van der Waals surface area (Å²) in [5.74, 6) is -0.872. The normalized spacial score (nSPS) is 11.8. The molecule has 112 valence electrons. The predicted octanol–water partition coefficient (Wildman–Crippen LogP) is 2.21. The average molecular weight is 298 g/mol. The lowest BCUT2D eigenvalue weighted by molar-refractivity contribution is -0.141. The lowest BCUT2D eigenvalue weighted by Gasteiger charge is -2.15. The van der Waals surface area contributed by atoms with Gasteiger partial charge in [-0.2, -0.15) is 13.2 Å². The van der Waals surface area contributed by atoms with Gasteiger partial charge in [-0.25, -0.2) is 13.8 Å². The summed E-state index contributed by atoms with van der Waals surface area (Å²) in [5.41, 5.74) is 2.13. The van der Waals surface area contributed by atoms with Crippen LogP contribution in [0.1, 0.15) is 28.9 Å². The summed E-state index contributed by atoms with van der Waals surface area (Å²) < 4.78 is 67.7. The summed E-state index contributed by atoms with van der Waals surface area (Å²) in [6, 6.07) is 0.560. The van der Waals surface area contributed by atoms with E-state index in [2.05, 4.69) is 9.72 Å². The zero-order valence-corrected chi connectivity index (χ0v) is 10.3. The molecule has 9 heteroatoms. The summed E-state index contributed by atoms with van der Waals surface area (Å²) in [4.78, 5) is 14.0. The predicted molar refractivity (Wildman–Crippen MR) is 57.8 cm³/mol. The number of hydrogen-bond acceptors (Lipinski definition) is 4. The summed E-state index contributed by atoms with van der Waals surface area (Å²) in [6.07, 6.45) is -8.76. The smallest absolute Gasteiger partial charge is 0.433 e. The molecular formula is C11H11F5N2O2. The summed E-state index contributed by atoms with van der Waals surface area (Å²) in [5, 5.41) is 0. The highest BCUT2D eigenvalue weighted by Gasteiger charge is 2.35. The fraction of sp³-hybridized carbons (Fsp3) is 0.455. The molecule has 0 atom stereocenters. The largest absolute Gasteiger partial charge is 0.469 e. The van der Waals surface area contributed by atoms with Crippen molar-refractivity contribution < 1.29 is 31.5 Å². The number of carbonyl (C=O) groups excluding carboxylic acids is 1. The molecule has 0 spiro atoms. The molecule has 0 saturated carbocycles. The second-order valence-corrected chi connectivity index (χ2v) is 3.79. The fourth-order valence-corrected chi connectivity index (χ4v) is 1.57. The second kappa shape index (κ2) is 6.12. The number of esters is 1. The Morgan fingerprint density at radius 1 is 1.45 bits per heavy atom. The van der Waals surface area contributed by atoms with E-state index < -0.39 is 42.9 Å². The topological polar surface area (TPSA) is 65.2 Å². The third-order valence-corrected chi connectivity index (χ3v) is 2.51. The highest BCUT2D eigenvalue weighted by Crippen LogP contribution is 2.33. The van der Waals surface area contributed by atoms with Gasteiger partial charge in [0.15, 0.2) is 0 Å². The number of nitrogens with two attached hydrogens (primary N) is 1. The average Bonchev–Trinajstić information content (AvgIpc) is 2.36. The van der Waals surface area contributed by atoms with Gasteiger partial charge in [0.05, 0.1) is 13.5 Å². The molecule has 0 fully saturated rings. The van der Waals surface area contributed by atoms with Crippen molar-refractivity contribution in [3.63, 3.8) is 0 Å². The van der Waals surface area contributed by atoms with Crippen LogP contribution in [0, 0.1) is 0 Å². The van der Waals surface area contributed by atoms with Gasteiger partial charge in [0.25, 0.3) is 6.43 Å². The van der Waals surface area contributed by atoms with E-state index in [0.717, 1.165) is 7.11 Å². The van der Waals surface area contributed by atoms with Gasteiger partial charge in [0.2, 0.25) is 0 Å². The summed E-state index contributed by atoms with van der Waals surface area (Å²) in [6.45, 7) is -0.433. The van der Waals surface area contributed by atoms with Crippen LogP contribution < -0.4 is 5.73 Å². The zero-order chi connectivity index (χ0) is 15.5. The van der Waals surface area contributed by atoms with Crippen LogP contribution in [0.4, 0.5) is 22.0 Å². The fourth-order valence-electron chi connectivity index (χ4n) is 1.57. The van der Waals surface area contributed by atoms with Gasteiger partial charge in [0, 0.05) is 6.54 Å². The maximum atomic E-state index is 12.8. The lowest BCUT2D eigenvalue weighted by atomic mass is 10.0. The maximum Gasteiger partial charge on any atom is 0.433 e. The molecule has 1 rings (SSSR count). The van der Waals surface area contributed by atoms with Gasteiger partial charge in [0.1, 0.15) is 11.4 Å². The minimum Gasteiger partial charge on any atom is -0.469 e. The highest BCUT2D eigenvalue weighted by molar-refractivity contribution is 5.73. The van der Waals surface area contributed by atoms with Crippen LogP contribution in [0.2, 0.25) is 0 Å². The third-order valence-electron chi connectivity index (χ3n) is 2.51. The van der Waals surface area contributed by atoms with Crippen molar-refractivity contribution >= 4 is 5.97 Å². The first kappa shape index (κ1) is 16.3. The van der Waals surface area contributed by atoms with Crippen molar-refractivity contribution in [2.45, 2.75) is 25.6 Å². The first-order valence-corrected chi connectivity index (χ1v) is 5.35. The molecule has 4 nitrogen and oxygen atoms in total. The van der Waals surface area contributed by atoms with E-state index in [9.17, 15) is 26.7 Å². The van der Waals surface area contributed by atoms with Gasteiger partial charge < -0.3 is 10.5 Å². The Balaban J connectivity index is 3.44. The van der Waals surface area contributed by atoms with E-state index in [1.807, 2.05) is 0 Å². The van der Waals surface area contributed by atoms with E-state index in [1.54, 1.807) is 0 Å². The number of alkyl halides is 5. The SMILES string of the molecule is COC(=O)Cc1c(CN)cc(C(F)(F)F)nc1C(F)F. The molecule has 0 aliphatic rings. The van der Waals surface area contributed by atoms with Crippen LogP contribution in [0.5, 0.6) is 0 Å². The van der Waals surface area contributed by atoms with E-state index in [1.165, 1.54) is 0 Å². The number of pyridine rings is 1. The molecule has 0 saturated heterocycles. The third kappa shape index (κ3) is 3.62. The Kier molecular flexibility index (Phi) is 4.98. The van der Waals surface area contributed by atoms with Crippen molar-refractivity contribution in [2.75, 3.05) is 7.11 Å². The molecule has 2 N–H and O–H groups in total. The van der Waals surface area contributed by atoms with Gasteiger partial charge >= 0.3 is 12.1 Å². The van der Waals surface area contributed by atoms with Crippen molar-refractivity contribution in [3.8, 4) is 0 Å². The molecule has 1 aromatic rings. The molecule has 0 bridgehead atoms. The van der Waals surface area contributed by atoms with Crippen molar-refractivity contribution in [3.05, 3.63) is 28.6 Å². The molecule has 0 aromatic carbocycles. The Morgan fingerprint density at radius 3 is 2.45 bits per heavy atom. The molecule has 1 heterocycles. The van der Waals surface area contributed by atoms with Gasteiger partial charge in [-0.3, -0.25) is 4.79 Å². The summed E-state index contributed by atoms with van der Waals surface area (Å²) >= 11 is 0. The molecule has 0 radical (unpaired) electrons. The standard InChI is InChI=1S/C11H11F5N2O2/c1-20-8(19)3-6-5(4-17)2-7(11(14,15)16)18-9(6)10(12)13/h2,10H,3-4,17H2,1H3. The van der Waals surface area contributed by atoms with Crippen LogP contribution in [-0.2, 0) is 28.7 Å². The molecule has 0 unspecified atom stereocenters. The Labute approximate surface area is 110 Å². The monoisotopic (exact) mass is 298 g/mol. The van der Waals surface area contributed by atoms with E-state index in [4.69, 9.17) is 5.73 Å². The lowest BCUT2D eigenvalue weighted by Crippen LogP contribution is -2.18. The number of hydrogen-bond donors (Lipinski definition) is 1. The minimum absolute atomic E-state index is 0.215. The number of carbonyl (C=O) groups is 1. The Morgan fingerprint density at radius 2 is 2.05 bits per heavy atom. The molecular weight excluding hydrogens is 287 g/mol. The van der Waals surface area contributed by atoms with Gasteiger partial charge in [-0.05, 0) is 17.2 Å². The van der Waals surface area contributed by atoms with Gasteiger partial charge in [-0.1, -0.05) is 0 Å². The first-order chi connectivity index (χ1) is 9.20. The Hall–Kier alpha value is -1.77. The molecule has 0 amide bonds. The zero-order valence-electron chi connectivity index (χ0n) is 10.3. The number of aromatic nitrogens is 1. The van der Waals surface area contributed by atoms with Crippen molar-refractivity contribution in [1.29, 1.82) is 0 Å². The van der Waals surface area contributed by atoms with E-state index >= 15 is 0 Å². The van der Waals surface area contributed by atoms with Crippen molar-refractivity contribution in [2.24, 2.45) is 5.73 Å². The van der Waals surface area contributed by atoms with Crippen LogP contribution in [0.3, 0.4) is 0 Å². The highest BCUT2D eigenvalue weighted by atomic mass is 19.4. The maximum absolute atomic E-state index is 12.8. The molecule has 0 aliphatic heterocycles. The number of ether oxygens (including phenoxy) is 1. The van der Waals surface area contributed by atoms with Crippen LogP contribution in [0.15, 0.2) is 6.07 Å². The van der Waals surface area contributed by atoms with Crippen LogP contribution in [0.25, 0.3) is 0 Å². The number of halogens is 5. The van der Waals surface area contributed by atoms with Crippen LogP contribution >= 0.6 is 0 Å².